The highest BCUT2D eigenvalue weighted by Crippen LogP contribution is 2.46. The Balaban J connectivity index is 1.61. The second-order valence-electron chi connectivity index (χ2n) is 7.30. The molecule has 0 saturated carbocycles. The van der Waals surface area contributed by atoms with Gasteiger partial charge < -0.3 is 9.42 Å². The van der Waals surface area contributed by atoms with Crippen molar-refractivity contribution in [1.82, 2.24) is 19.8 Å². The van der Waals surface area contributed by atoms with Gasteiger partial charge in [0.2, 0.25) is 0 Å². The van der Waals surface area contributed by atoms with Gasteiger partial charge >= 0.3 is 12.2 Å². The Labute approximate surface area is 164 Å². The van der Waals surface area contributed by atoms with Crippen molar-refractivity contribution in [3.63, 3.8) is 0 Å². The van der Waals surface area contributed by atoms with Crippen LogP contribution in [-0.2, 0) is 13.2 Å². The van der Waals surface area contributed by atoms with Crippen molar-refractivity contribution >= 4 is 23.6 Å². The van der Waals surface area contributed by atoms with Crippen LogP contribution in [0.1, 0.15) is 32.4 Å². The Morgan fingerprint density at radius 2 is 2.00 bits per heavy atom. The minimum atomic E-state index is -4.48. The third-order valence-electron chi connectivity index (χ3n) is 4.87. The van der Waals surface area contributed by atoms with Crippen molar-refractivity contribution in [3.8, 4) is 0 Å². The topological polar surface area (TPSA) is 76.2 Å². The number of likely N-dealkylation sites (tertiary alicyclic amines) is 1. The molecule has 3 rings (SSSR count). The molecule has 1 aliphatic heterocycles. The van der Waals surface area contributed by atoms with Crippen molar-refractivity contribution in [2.75, 3.05) is 18.4 Å². The van der Waals surface area contributed by atoms with E-state index in [0.29, 0.717) is 31.7 Å². The van der Waals surface area contributed by atoms with Crippen molar-refractivity contribution in [2.24, 2.45) is 13.0 Å². The van der Waals surface area contributed by atoms with Crippen molar-refractivity contribution in [2.45, 2.75) is 42.5 Å². The number of aromatic nitrogens is 3. The highest BCUT2D eigenvalue weighted by atomic mass is 32.2. The number of hydrogen-bond acceptors (Lipinski definition) is 5. The number of urea groups is 1. The summed E-state index contributed by atoms with van der Waals surface area (Å²) in [6.07, 6.45) is -0.297. The maximum Gasteiger partial charge on any atom is 0.436 e. The molecule has 0 aliphatic carbocycles. The van der Waals surface area contributed by atoms with Crippen LogP contribution < -0.4 is 5.32 Å². The first kappa shape index (κ1) is 20.6. The number of nitrogens with zero attached hydrogens (tertiary/aromatic N) is 4. The zero-order valence-electron chi connectivity index (χ0n) is 15.8. The van der Waals surface area contributed by atoms with Gasteiger partial charge in [-0.15, -0.1) is 11.8 Å². The van der Waals surface area contributed by atoms with Crippen LogP contribution in [0.25, 0.3) is 0 Å². The van der Waals surface area contributed by atoms with E-state index in [1.54, 1.807) is 11.0 Å². The molecule has 0 aromatic carbocycles. The van der Waals surface area contributed by atoms with Crippen molar-refractivity contribution < 1.29 is 22.5 Å². The molecule has 0 atom stereocenters. The number of anilines is 1. The van der Waals surface area contributed by atoms with Gasteiger partial charge in [-0.3, -0.25) is 10.00 Å². The average molecular weight is 417 g/mol. The average Bonchev–Trinajstić information content (AvgIpc) is 3.23. The molecule has 2 aromatic heterocycles. The van der Waals surface area contributed by atoms with Crippen LogP contribution in [0.2, 0.25) is 0 Å². The molecule has 1 aliphatic rings. The molecule has 7 nitrogen and oxygen atoms in total. The quantitative estimate of drug-likeness (QED) is 0.753. The zero-order valence-corrected chi connectivity index (χ0v) is 16.6. The van der Waals surface area contributed by atoms with E-state index >= 15 is 0 Å². The van der Waals surface area contributed by atoms with E-state index in [2.05, 4.69) is 20.1 Å². The molecule has 0 bridgehead atoms. The molecule has 1 fully saturated rings. The molecule has 0 unspecified atom stereocenters. The summed E-state index contributed by atoms with van der Waals surface area (Å²) >= 11 is 1.20. The Hall–Kier alpha value is -2.17. The number of alkyl halides is 3. The maximum atomic E-state index is 13.2. The number of hydrogen-bond donors (Lipinski definition) is 1. The number of aryl methyl sites for hydroxylation is 1. The lowest BCUT2D eigenvalue weighted by Crippen LogP contribution is -2.44. The third-order valence-corrected chi connectivity index (χ3v) is 6.25. The largest absolute Gasteiger partial charge is 0.436 e. The van der Waals surface area contributed by atoms with Crippen LogP contribution in [0.15, 0.2) is 27.9 Å². The van der Waals surface area contributed by atoms with Crippen LogP contribution in [0.5, 0.6) is 0 Å². The summed E-state index contributed by atoms with van der Waals surface area (Å²) in [6.45, 7) is 4.94. The highest BCUT2D eigenvalue weighted by molar-refractivity contribution is 8.00. The van der Waals surface area contributed by atoms with E-state index in [0.717, 1.165) is 0 Å². The molecule has 0 spiro atoms. The third kappa shape index (κ3) is 4.62. The molecule has 2 amide bonds. The molecule has 11 heteroatoms. The molecule has 3 heterocycles. The molecule has 154 valence electrons. The Kier molecular flexibility index (Phi) is 5.64. The van der Waals surface area contributed by atoms with E-state index in [1.807, 2.05) is 13.8 Å². The van der Waals surface area contributed by atoms with E-state index in [-0.39, 0.29) is 16.8 Å². The van der Waals surface area contributed by atoms with E-state index in [4.69, 9.17) is 0 Å². The minimum absolute atomic E-state index is 0.131. The number of carbonyl (C=O) groups is 1. The Morgan fingerprint density at radius 1 is 1.32 bits per heavy atom. The summed E-state index contributed by atoms with van der Waals surface area (Å²) in [4.78, 5) is 14.1. The van der Waals surface area contributed by atoms with Crippen molar-refractivity contribution in [1.29, 1.82) is 0 Å². The zero-order chi connectivity index (χ0) is 20.5. The van der Waals surface area contributed by atoms with Gasteiger partial charge in [0.15, 0.2) is 11.5 Å². The van der Waals surface area contributed by atoms with Crippen LogP contribution in [-0.4, -0.2) is 43.7 Å². The SMILES string of the molecule is Cn1cc(SC(C)(C)C2CCN(C(=O)Nc3ccon3)CC2)c(C(F)(F)F)n1. The van der Waals surface area contributed by atoms with Gasteiger partial charge in [-0.25, -0.2) is 4.79 Å². The van der Waals surface area contributed by atoms with E-state index in [1.165, 1.54) is 36.0 Å². The number of nitrogens with one attached hydrogen (secondary N) is 1. The summed E-state index contributed by atoms with van der Waals surface area (Å²) < 4.78 is 45.1. The van der Waals surface area contributed by atoms with E-state index < -0.39 is 16.6 Å². The maximum absolute atomic E-state index is 13.2. The fourth-order valence-electron chi connectivity index (χ4n) is 3.35. The number of halogens is 3. The number of amides is 2. The van der Waals surface area contributed by atoms with Crippen LogP contribution >= 0.6 is 11.8 Å². The molecular weight excluding hydrogens is 395 g/mol. The summed E-state index contributed by atoms with van der Waals surface area (Å²) in [6, 6.07) is 1.29. The lowest BCUT2D eigenvalue weighted by Gasteiger charge is -2.40. The predicted octanol–water partition coefficient (Wildman–Crippen LogP) is 4.24. The fourth-order valence-corrected chi connectivity index (χ4v) is 4.78. The molecular formula is C17H22F3N5O2S. The highest BCUT2D eigenvalue weighted by Gasteiger charge is 2.41. The second kappa shape index (κ2) is 7.69. The normalized spacial score (nSPS) is 16.4. The lowest BCUT2D eigenvalue weighted by molar-refractivity contribution is -0.143. The summed E-state index contributed by atoms with van der Waals surface area (Å²) in [5.41, 5.74) is -0.850. The first-order valence-corrected chi connectivity index (χ1v) is 9.64. The van der Waals surface area contributed by atoms with Gasteiger partial charge in [-0.1, -0.05) is 19.0 Å². The van der Waals surface area contributed by atoms with Gasteiger partial charge in [0.1, 0.15) is 6.26 Å². The standard InChI is InChI=1S/C17H22F3N5O2S/c1-16(2,28-12-10-24(3)22-14(12)17(18,19)20)11-4-7-25(8-5-11)15(26)21-13-6-9-27-23-13/h6,9-11H,4-5,7-8H2,1-3H3,(H,21,23,26). The smallest absolute Gasteiger partial charge is 0.363 e. The van der Waals surface area contributed by atoms with E-state index in [9.17, 15) is 18.0 Å². The molecule has 0 radical (unpaired) electrons. The number of carbonyl (C=O) groups excluding carboxylic acids is 1. The molecule has 1 N–H and O–H groups in total. The first-order chi connectivity index (χ1) is 13.1. The van der Waals surface area contributed by atoms with Gasteiger partial charge in [0.25, 0.3) is 0 Å². The number of thioether (sulfide) groups is 1. The fraction of sp³-hybridized carbons (Fsp3) is 0.588. The number of rotatable bonds is 4. The molecule has 28 heavy (non-hydrogen) atoms. The minimum Gasteiger partial charge on any atom is -0.363 e. The second-order valence-corrected chi connectivity index (χ2v) is 8.99. The summed E-state index contributed by atoms with van der Waals surface area (Å²) in [7, 11) is 1.48. The molecule has 2 aromatic rings. The van der Waals surface area contributed by atoms with Crippen LogP contribution in [0, 0.1) is 5.92 Å². The van der Waals surface area contributed by atoms with Gasteiger partial charge in [0, 0.05) is 37.1 Å². The Morgan fingerprint density at radius 3 is 2.57 bits per heavy atom. The monoisotopic (exact) mass is 417 g/mol. The van der Waals surface area contributed by atoms with Crippen molar-refractivity contribution in [3.05, 3.63) is 24.2 Å². The van der Waals surface area contributed by atoms with Crippen LogP contribution in [0.4, 0.5) is 23.8 Å². The first-order valence-electron chi connectivity index (χ1n) is 8.82. The predicted molar refractivity (Wildman–Crippen MR) is 98.0 cm³/mol. The summed E-state index contributed by atoms with van der Waals surface area (Å²) in [5, 5.41) is 9.88. The molecule has 1 saturated heterocycles. The Bertz CT molecular complexity index is 811. The van der Waals surface area contributed by atoms with Gasteiger partial charge in [-0.05, 0) is 18.8 Å². The van der Waals surface area contributed by atoms with Gasteiger partial charge in [0.05, 0.1) is 4.90 Å². The van der Waals surface area contributed by atoms with Crippen LogP contribution in [0.3, 0.4) is 0 Å². The lowest BCUT2D eigenvalue weighted by atomic mass is 9.86. The summed E-state index contributed by atoms with van der Waals surface area (Å²) in [5.74, 6) is 0.508. The number of piperidine rings is 1. The van der Waals surface area contributed by atoms with Gasteiger partial charge in [-0.2, -0.15) is 18.3 Å².